The summed E-state index contributed by atoms with van der Waals surface area (Å²) in [7, 11) is -7.44. The van der Waals surface area contributed by atoms with Crippen LogP contribution in [0.5, 0.6) is 5.75 Å². The molecule has 0 amide bonds. The smallest absolute Gasteiger partial charge is 0.302 e. The molecule has 2 unspecified atom stereocenters. The molecule has 4 heterocycles. The highest BCUT2D eigenvalue weighted by molar-refractivity contribution is 7.89. The van der Waals surface area contributed by atoms with Gasteiger partial charge in [-0.25, -0.2) is 26.8 Å². The molecule has 4 aromatic rings. The fourth-order valence-electron chi connectivity index (χ4n) is 6.99. The Labute approximate surface area is 327 Å². The molecule has 0 radical (unpaired) electrons. The van der Waals surface area contributed by atoms with Crippen molar-refractivity contribution in [1.82, 2.24) is 28.1 Å². The molecule has 0 spiro atoms. The lowest BCUT2D eigenvalue weighted by molar-refractivity contribution is -0.147. The van der Waals surface area contributed by atoms with Crippen molar-refractivity contribution in [3.8, 4) is 17.1 Å². The van der Waals surface area contributed by atoms with Gasteiger partial charge in [0.2, 0.25) is 20.0 Å². The molecule has 18 heteroatoms. The van der Waals surface area contributed by atoms with Gasteiger partial charge in [-0.05, 0) is 68.5 Å². The van der Waals surface area contributed by atoms with Crippen LogP contribution in [-0.2, 0) is 45.5 Å². The van der Waals surface area contributed by atoms with Crippen LogP contribution < -0.4 is 10.3 Å². The first-order valence-electron chi connectivity index (χ1n) is 19.1. The summed E-state index contributed by atoms with van der Waals surface area (Å²) >= 11 is 0. The Morgan fingerprint density at radius 2 is 1.52 bits per heavy atom. The molecule has 304 valence electrons. The van der Waals surface area contributed by atoms with Gasteiger partial charge in [-0.2, -0.15) is 8.61 Å². The first-order chi connectivity index (χ1) is 26.9. The number of fused-ring (bicyclic) bond motifs is 1. The number of aromatic amines is 1. The number of sulfonamides is 2. The molecule has 1 N–H and O–H groups in total. The maximum absolute atomic E-state index is 13.6. The number of hydrogen-bond acceptors (Lipinski definition) is 12. The second kappa shape index (κ2) is 18.4. The fourth-order valence-corrected chi connectivity index (χ4v) is 9.83. The maximum Gasteiger partial charge on any atom is 0.302 e. The second-order valence-corrected chi connectivity index (χ2v) is 17.8. The third kappa shape index (κ3) is 9.49. The third-order valence-electron chi connectivity index (χ3n) is 9.96. The van der Waals surface area contributed by atoms with Gasteiger partial charge < -0.3 is 28.5 Å². The maximum atomic E-state index is 13.6. The molecule has 16 nitrogen and oxygen atoms in total. The zero-order valence-electron chi connectivity index (χ0n) is 32.0. The van der Waals surface area contributed by atoms with Gasteiger partial charge in [0, 0.05) is 33.1 Å². The minimum absolute atomic E-state index is 0.0322. The van der Waals surface area contributed by atoms with Gasteiger partial charge in [0.15, 0.2) is 11.2 Å². The van der Waals surface area contributed by atoms with E-state index >= 15 is 0 Å². The molecule has 2 saturated heterocycles. The van der Waals surface area contributed by atoms with Crippen LogP contribution in [-0.4, -0.2) is 116 Å². The normalized spacial score (nSPS) is 17.1. The number of carbonyl (C=O) groups excluding carboxylic acids is 1. The Morgan fingerprint density at radius 3 is 2.14 bits per heavy atom. The van der Waals surface area contributed by atoms with Gasteiger partial charge in [0.1, 0.15) is 17.7 Å². The summed E-state index contributed by atoms with van der Waals surface area (Å²) in [6.07, 6.45) is 5.34. The van der Waals surface area contributed by atoms with Crippen molar-refractivity contribution in [2.75, 3.05) is 59.2 Å². The molecule has 6 rings (SSSR count). The van der Waals surface area contributed by atoms with Gasteiger partial charge in [-0.1, -0.05) is 31.9 Å². The molecule has 2 atom stereocenters. The number of aromatic nitrogens is 4. The van der Waals surface area contributed by atoms with Crippen molar-refractivity contribution < 1.29 is 40.6 Å². The van der Waals surface area contributed by atoms with Crippen molar-refractivity contribution in [2.45, 2.75) is 81.2 Å². The zero-order valence-corrected chi connectivity index (χ0v) is 33.6. The number of aryl methyl sites for hydroxylation is 1. The van der Waals surface area contributed by atoms with Gasteiger partial charge in [-0.15, -0.1) is 0 Å². The van der Waals surface area contributed by atoms with Gasteiger partial charge in [0.25, 0.3) is 5.56 Å². The van der Waals surface area contributed by atoms with E-state index in [0.717, 1.165) is 31.2 Å². The van der Waals surface area contributed by atoms with E-state index in [1.54, 1.807) is 29.7 Å². The number of unbranched alkanes of at least 4 members (excludes halogenated alkanes) is 2. The fraction of sp³-hybridized carbons (Fsp3) is 0.526. The van der Waals surface area contributed by atoms with E-state index in [2.05, 4.69) is 9.97 Å². The third-order valence-corrected chi connectivity index (χ3v) is 13.8. The van der Waals surface area contributed by atoms with Crippen molar-refractivity contribution in [3.05, 3.63) is 64.7 Å². The van der Waals surface area contributed by atoms with Crippen LogP contribution in [0.15, 0.2) is 63.4 Å². The highest BCUT2D eigenvalue weighted by atomic mass is 32.2. The largest absolute Gasteiger partial charge is 0.493 e. The Hall–Kier alpha value is -4.20. The minimum atomic E-state index is -3.88. The van der Waals surface area contributed by atoms with E-state index in [0.29, 0.717) is 70.3 Å². The predicted octanol–water partition coefficient (Wildman–Crippen LogP) is 3.91. The number of benzene rings is 2. The van der Waals surface area contributed by atoms with E-state index in [9.17, 15) is 26.4 Å². The average molecular weight is 815 g/mol. The molecular formula is C38H50N6O10S2. The van der Waals surface area contributed by atoms with Crippen LogP contribution >= 0.6 is 0 Å². The quantitative estimate of drug-likeness (QED) is 0.120. The van der Waals surface area contributed by atoms with Gasteiger partial charge >= 0.3 is 5.97 Å². The van der Waals surface area contributed by atoms with E-state index in [-0.39, 0.29) is 39.9 Å². The monoisotopic (exact) mass is 814 g/mol. The number of ether oxygens (including phenoxy) is 4. The Balaban J connectivity index is 1.22. The summed E-state index contributed by atoms with van der Waals surface area (Å²) in [5.41, 5.74) is 1.14. The molecule has 2 aromatic carbocycles. The first-order valence-corrected chi connectivity index (χ1v) is 21.9. The van der Waals surface area contributed by atoms with Crippen molar-refractivity contribution >= 4 is 37.2 Å². The minimum Gasteiger partial charge on any atom is -0.493 e. The van der Waals surface area contributed by atoms with Crippen LogP contribution in [0.2, 0.25) is 0 Å². The molecule has 2 fully saturated rings. The van der Waals surface area contributed by atoms with E-state index in [1.165, 1.54) is 34.0 Å². The number of nitrogens with zero attached hydrogens (tertiary/aromatic N) is 5. The number of morpholine rings is 2. The number of carbonyl (C=O) groups is 1. The zero-order chi connectivity index (χ0) is 39.9. The lowest BCUT2D eigenvalue weighted by Crippen LogP contribution is -2.40. The predicted molar refractivity (Wildman–Crippen MR) is 207 cm³/mol. The highest BCUT2D eigenvalue weighted by Gasteiger charge is 2.30. The summed E-state index contributed by atoms with van der Waals surface area (Å²) < 4.78 is 80.1. The van der Waals surface area contributed by atoms with Gasteiger partial charge in [0.05, 0.1) is 60.8 Å². The summed E-state index contributed by atoms with van der Waals surface area (Å²) in [6.45, 7) is 7.94. The van der Waals surface area contributed by atoms with E-state index in [1.807, 2.05) is 19.1 Å². The van der Waals surface area contributed by atoms with Gasteiger partial charge in [-0.3, -0.25) is 9.59 Å². The number of rotatable bonds is 17. The second-order valence-electron chi connectivity index (χ2n) is 13.9. The van der Waals surface area contributed by atoms with Crippen molar-refractivity contribution in [3.63, 3.8) is 0 Å². The van der Waals surface area contributed by atoms with Crippen molar-refractivity contribution in [2.24, 2.45) is 0 Å². The van der Waals surface area contributed by atoms with Crippen LogP contribution in [0, 0.1) is 0 Å². The molecule has 2 aliphatic heterocycles. The molecule has 2 aliphatic rings. The molecule has 56 heavy (non-hydrogen) atoms. The number of nitrogens with one attached hydrogen (secondary N) is 1. The summed E-state index contributed by atoms with van der Waals surface area (Å²) in [5.74, 6) is 0.0186. The van der Waals surface area contributed by atoms with Crippen LogP contribution in [0.3, 0.4) is 0 Å². The molecule has 2 aromatic heterocycles. The van der Waals surface area contributed by atoms with E-state index in [4.69, 9.17) is 23.9 Å². The van der Waals surface area contributed by atoms with Crippen LogP contribution in [0.25, 0.3) is 22.6 Å². The summed E-state index contributed by atoms with van der Waals surface area (Å²) in [6, 6.07) is 11.1. The number of esters is 1. The standard InChI is InChI=1S/C38H50N6O10S2/c1-4-20-53-34-15-14-31(56(49,50)43-18-23-52-24-19-43)25-32(34)36-40-37-35(38(46)41-36)39-26-44(37)33(27(2)54-28(3)45)9-7-5-6-8-29-10-12-30(13-11-29)55(47,48)42-16-21-51-22-17-42/h10-15,25-27,33H,4-9,16-24H2,1-3H3,(H,40,41,46). The molecular weight excluding hydrogens is 765 g/mol. The van der Waals surface area contributed by atoms with Crippen LogP contribution in [0.4, 0.5) is 0 Å². The lowest BCUT2D eigenvalue weighted by Gasteiger charge is -2.26. The molecule has 0 bridgehead atoms. The Morgan fingerprint density at radius 1 is 0.893 bits per heavy atom. The van der Waals surface area contributed by atoms with Crippen LogP contribution in [0.1, 0.15) is 64.5 Å². The topological polar surface area (TPSA) is 192 Å². The lowest BCUT2D eigenvalue weighted by atomic mass is 10.0. The molecule has 0 aliphatic carbocycles. The molecule has 0 saturated carbocycles. The number of imidazole rings is 1. The Bertz CT molecular complexity index is 2250. The van der Waals surface area contributed by atoms with Crippen molar-refractivity contribution in [1.29, 1.82) is 0 Å². The van der Waals surface area contributed by atoms with E-state index < -0.39 is 43.7 Å². The Kier molecular flexibility index (Phi) is 13.6. The highest BCUT2D eigenvalue weighted by Crippen LogP contribution is 2.33. The SMILES string of the molecule is CCCOc1ccc(S(=O)(=O)N2CCOCC2)cc1-c1nc2c(ncn2C(CCCCCc2ccc(S(=O)(=O)N3CCOCC3)cc2)C(C)OC(C)=O)c(=O)[nH]1. The summed E-state index contributed by atoms with van der Waals surface area (Å²) in [5, 5.41) is 0. The number of hydrogen-bond donors (Lipinski definition) is 1. The number of H-pyrrole nitrogens is 1. The summed E-state index contributed by atoms with van der Waals surface area (Å²) in [4.78, 5) is 37.9. The first kappa shape index (κ1) is 41.4. The average Bonchev–Trinajstić information content (AvgIpc) is 3.63.